The zero-order chi connectivity index (χ0) is 53.2. The van der Waals surface area contributed by atoms with Crippen molar-refractivity contribution in [3.63, 3.8) is 0 Å². The molecule has 0 saturated heterocycles. The minimum absolute atomic E-state index is 0.0254. The summed E-state index contributed by atoms with van der Waals surface area (Å²) >= 11 is 0. The quantitative estimate of drug-likeness (QED) is 0.0868. The third-order valence-corrected chi connectivity index (χ3v) is 11.8. The van der Waals surface area contributed by atoms with E-state index in [-0.39, 0.29) is 29.0 Å². The van der Waals surface area contributed by atoms with E-state index >= 15 is 0 Å². The van der Waals surface area contributed by atoms with Crippen LogP contribution in [0, 0.1) is 13.8 Å². The summed E-state index contributed by atoms with van der Waals surface area (Å²) in [5, 5.41) is 18.1. The molecule has 0 spiro atoms. The zero-order valence-electron chi connectivity index (χ0n) is 41.6. The van der Waals surface area contributed by atoms with Crippen molar-refractivity contribution in [2.24, 2.45) is 0 Å². The molecule has 0 unspecified atom stereocenters. The van der Waals surface area contributed by atoms with Gasteiger partial charge in [0.05, 0.1) is 33.3 Å². The Labute approximate surface area is 439 Å². The number of aryl methyl sites for hydroxylation is 2. The molecule has 2 aromatic heterocycles. The van der Waals surface area contributed by atoms with Crippen LogP contribution in [0.15, 0.2) is 213 Å². The Morgan fingerprint density at radius 3 is 1.13 bits per heavy atom. The van der Waals surface area contributed by atoms with Gasteiger partial charge in [0.15, 0.2) is 0 Å². The van der Waals surface area contributed by atoms with E-state index in [0.29, 0.717) is 16.7 Å². The molecule has 10 aromatic rings. The van der Waals surface area contributed by atoms with E-state index in [0.717, 1.165) is 72.4 Å². The van der Waals surface area contributed by atoms with Crippen LogP contribution in [0.1, 0.15) is 80.4 Å². The highest BCUT2D eigenvalue weighted by molar-refractivity contribution is 6.08. The van der Waals surface area contributed by atoms with E-state index in [1.807, 2.05) is 153 Å². The number of anilines is 3. The van der Waals surface area contributed by atoms with Crippen molar-refractivity contribution in [3.05, 3.63) is 275 Å². The highest BCUT2D eigenvalue weighted by atomic mass is 16.4. The molecule has 0 saturated carbocycles. The molecule has 2 heterocycles. The van der Waals surface area contributed by atoms with E-state index in [4.69, 9.17) is 0 Å². The van der Waals surface area contributed by atoms with Crippen LogP contribution in [0.2, 0.25) is 0 Å². The fraction of sp³-hybridized carbons (Fsp3) is 0.0312. The number of hydrogen-bond donors (Lipinski definition) is 4. The summed E-state index contributed by atoms with van der Waals surface area (Å²) in [5.41, 5.74) is 13.7. The number of rotatable bonds is 12. The van der Waals surface area contributed by atoms with Crippen molar-refractivity contribution in [1.29, 1.82) is 0 Å². The lowest BCUT2D eigenvalue weighted by Crippen LogP contribution is -2.14. The molecule has 0 aliphatic heterocycles. The zero-order valence-corrected chi connectivity index (χ0v) is 41.6. The maximum absolute atomic E-state index is 12.5. The van der Waals surface area contributed by atoms with Crippen molar-refractivity contribution in [2.45, 2.75) is 13.8 Å². The summed E-state index contributed by atoms with van der Waals surface area (Å²) in [5.74, 6) is -1.69. The lowest BCUT2D eigenvalue weighted by molar-refractivity contribution is 0.0697. The molecule has 12 nitrogen and oxygen atoms in total. The number of aromatic nitrogens is 4. The summed E-state index contributed by atoms with van der Waals surface area (Å²) < 4.78 is 0. The van der Waals surface area contributed by atoms with Gasteiger partial charge in [-0.25, -0.2) is 4.79 Å². The van der Waals surface area contributed by atoms with E-state index in [1.165, 1.54) is 6.07 Å². The Balaban J connectivity index is 0.000000156. The number of nitrogens with zero attached hydrogens (tertiary/aromatic N) is 4. The van der Waals surface area contributed by atoms with Gasteiger partial charge in [-0.2, -0.15) is 0 Å². The average molecular weight is 998 g/mol. The second-order valence-electron chi connectivity index (χ2n) is 17.2. The van der Waals surface area contributed by atoms with Crippen molar-refractivity contribution in [3.8, 4) is 0 Å². The smallest absolute Gasteiger partial charge is 0.337 e. The van der Waals surface area contributed by atoms with Gasteiger partial charge in [-0.1, -0.05) is 134 Å². The first-order valence-corrected chi connectivity index (χ1v) is 24.1. The van der Waals surface area contributed by atoms with E-state index < -0.39 is 5.97 Å². The molecule has 76 heavy (non-hydrogen) atoms. The van der Waals surface area contributed by atoms with Gasteiger partial charge >= 0.3 is 5.97 Å². The SMILES string of the molecule is C=Cc1ccc(C)c(NC(=O)c2ccccc2)c1.Cc1ccc(/C=C/c2ccc3nccnc3c2)cc1NC(=O)c1ccccc1.O=C(Nc1cc(/C=C/c2ccc3nccnc3c2)ccc1C(=O)O)c1ccccc1. The first-order chi connectivity index (χ1) is 37.0. The monoisotopic (exact) mass is 997 g/mol. The van der Waals surface area contributed by atoms with Crippen LogP contribution < -0.4 is 16.0 Å². The van der Waals surface area contributed by atoms with Crippen molar-refractivity contribution in [1.82, 2.24) is 19.9 Å². The number of carboxylic acid groups (broad SMARTS) is 1. The van der Waals surface area contributed by atoms with Crippen LogP contribution >= 0.6 is 0 Å². The molecular formula is C64H51N7O5. The first-order valence-electron chi connectivity index (χ1n) is 24.1. The van der Waals surface area contributed by atoms with Gasteiger partial charge in [0, 0.05) is 52.9 Å². The number of aromatic carboxylic acids is 1. The van der Waals surface area contributed by atoms with E-state index in [2.05, 4.69) is 42.5 Å². The lowest BCUT2D eigenvalue weighted by Gasteiger charge is -2.10. The van der Waals surface area contributed by atoms with Gasteiger partial charge in [0.1, 0.15) is 0 Å². The molecule has 8 aromatic carbocycles. The maximum atomic E-state index is 12.5. The maximum Gasteiger partial charge on any atom is 0.337 e. The molecule has 10 rings (SSSR count). The molecule has 12 heteroatoms. The van der Waals surface area contributed by atoms with Gasteiger partial charge < -0.3 is 21.1 Å². The van der Waals surface area contributed by atoms with Crippen LogP contribution in [-0.2, 0) is 0 Å². The van der Waals surface area contributed by atoms with Gasteiger partial charge in [-0.05, 0) is 138 Å². The number of benzene rings is 8. The average Bonchev–Trinajstić information content (AvgIpc) is 3.46. The first kappa shape index (κ1) is 51.9. The Bertz CT molecular complexity index is 3770. The van der Waals surface area contributed by atoms with Crippen LogP contribution in [-0.4, -0.2) is 48.7 Å². The Kier molecular flexibility index (Phi) is 17.3. The molecule has 4 N–H and O–H groups in total. The summed E-state index contributed by atoms with van der Waals surface area (Å²) in [6.45, 7) is 7.67. The predicted octanol–water partition coefficient (Wildman–Crippen LogP) is 14.0. The van der Waals surface area contributed by atoms with Gasteiger partial charge in [0.25, 0.3) is 17.7 Å². The molecule has 372 valence electrons. The third-order valence-electron chi connectivity index (χ3n) is 11.8. The predicted molar refractivity (Wildman–Crippen MR) is 306 cm³/mol. The Morgan fingerprint density at radius 1 is 0.395 bits per heavy atom. The van der Waals surface area contributed by atoms with Crippen LogP contribution in [0.25, 0.3) is 52.4 Å². The largest absolute Gasteiger partial charge is 0.478 e. The molecule has 0 aliphatic carbocycles. The number of fused-ring (bicyclic) bond motifs is 2. The summed E-state index contributed by atoms with van der Waals surface area (Å²) in [6, 6.07) is 55.4. The lowest BCUT2D eigenvalue weighted by atomic mass is 10.1. The number of nitrogens with one attached hydrogen (secondary N) is 3. The number of hydrogen-bond acceptors (Lipinski definition) is 8. The van der Waals surface area contributed by atoms with E-state index in [1.54, 1.807) is 91.5 Å². The number of carboxylic acids is 1. The van der Waals surface area contributed by atoms with Crippen molar-refractivity contribution < 1.29 is 24.3 Å². The minimum Gasteiger partial charge on any atom is -0.478 e. The fourth-order valence-electron chi connectivity index (χ4n) is 7.64. The van der Waals surface area contributed by atoms with Gasteiger partial charge in [0.2, 0.25) is 0 Å². The normalized spacial score (nSPS) is 10.7. The van der Waals surface area contributed by atoms with Crippen LogP contribution in [0.3, 0.4) is 0 Å². The molecule has 0 fully saturated rings. The minimum atomic E-state index is -1.11. The van der Waals surface area contributed by atoms with Gasteiger partial charge in [-0.3, -0.25) is 34.3 Å². The molecule has 0 radical (unpaired) electrons. The third kappa shape index (κ3) is 14.1. The fourth-order valence-corrected chi connectivity index (χ4v) is 7.64. The molecule has 0 atom stereocenters. The second-order valence-corrected chi connectivity index (χ2v) is 17.2. The van der Waals surface area contributed by atoms with Crippen molar-refractivity contribution >= 4 is 93.2 Å². The van der Waals surface area contributed by atoms with Crippen LogP contribution in [0.4, 0.5) is 17.1 Å². The molecule has 3 amide bonds. The number of carbonyl (C=O) groups excluding carboxylic acids is 3. The summed E-state index contributed by atoms with van der Waals surface area (Å²) in [7, 11) is 0. The Hall–Kier alpha value is -10.5. The topological polar surface area (TPSA) is 176 Å². The number of amides is 3. The molecule has 0 aliphatic rings. The summed E-state index contributed by atoms with van der Waals surface area (Å²) in [4.78, 5) is 65.7. The molecule has 0 bridgehead atoms. The highest BCUT2D eigenvalue weighted by Gasteiger charge is 2.15. The summed E-state index contributed by atoms with van der Waals surface area (Å²) in [6.07, 6.45) is 16.2. The number of carbonyl (C=O) groups is 4. The Morgan fingerprint density at radius 2 is 0.724 bits per heavy atom. The standard InChI is InChI=1S/C24H17N3O3.C24H19N3O.C16H15NO/c28-23(18-4-2-1-3-5-18)27-21-14-16(8-10-19(21)24(29)30)6-7-17-9-11-20-22(15-17)26-13-12-25-20;1-17-7-8-18(15-22(17)27-24(28)20-5-3-2-4-6-20)9-10-19-11-12-21-23(16-19)26-14-13-25-21;1-3-13-10-9-12(2)15(11-13)17-16(18)14-7-5-4-6-8-14/h1-15H,(H,27,28)(H,29,30);2-16H,1H3,(H,27,28);3-11H,1H2,2H3,(H,17,18)/b7-6+;10-9+;. The van der Waals surface area contributed by atoms with Crippen molar-refractivity contribution in [2.75, 3.05) is 16.0 Å². The van der Waals surface area contributed by atoms with E-state index in [9.17, 15) is 24.3 Å². The second kappa shape index (κ2) is 25.3. The highest BCUT2D eigenvalue weighted by Crippen LogP contribution is 2.24. The van der Waals surface area contributed by atoms with Crippen LogP contribution in [0.5, 0.6) is 0 Å². The molecular weight excluding hydrogens is 947 g/mol. The van der Waals surface area contributed by atoms with Gasteiger partial charge in [-0.15, -0.1) is 0 Å².